The summed E-state index contributed by atoms with van der Waals surface area (Å²) in [6.45, 7) is 2.33. The largest absolute Gasteiger partial charge is 0.330 e. The van der Waals surface area contributed by atoms with Gasteiger partial charge in [0, 0.05) is 18.7 Å². The number of hydrogen-bond donors (Lipinski definition) is 0. The third kappa shape index (κ3) is 1.43. The summed E-state index contributed by atoms with van der Waals surface area (Å²) in [5.74, 6) is 0. The summed E-state index contributed by atoms with van der Waals surface area (Å²) in [6.07, 6.45) is 3.16. The van der Waals surface area contributed by atoms with Crippen LogP contribution in [0.25, 0.3) is 11.2 Å². The van der Waals surface area contributed by atoms with Crippen molar-refractivity contribution < 1.29 is 4.92 Å². The minimum absolute atomic E-state index is 0.0855. The molecule has 0 radical (unpaired) electrons. The van der Waals surface area contributed by atoms with Crippen LogP contribution < -0.4 is 5.69 Å². The van der Waals surface area contributed by atoms with Crippen LogP contribution in [0.5, 0.6) is 0 Å². The van der Waals surface area contributed by atoms with Gasteiger partial charge in [-0.1, -0.05) is 0 Å². The SMILES string of the molecule is CCn1c(=O)n(C2CC2)c2ncc([N+](=O)[O-])cc21. The molecule has 0 aliphatic heterocycles. The second-order valence-corrected chi connectivity index (χ2v) is 4.42. The van der Waals surface area contributed by atoms with Crippen LogP contribution in [0.1, 0.15) is 25.8 Å². The van der Waals surface area contributed by atoms with E-state index < -0.39 is 4.92 Å². The highest BCUT2D eigenvalue weighted by atomic mass is 16.6. The molecule has 0 bridgehead atoms. The molecule has 0 saturated heterocycles. The second-order valence-electron chi connectivity index (χ2n) is 4.42. The van der Waals surface area contributed by atoms with Gasteiger partial charge in [0.25, 0.3) is 5.69 Å². The number of rotatable bonds is 3. The zero-order valence-electron chi connectivity index (χ0n) is 9.87. The van der Waals surface area contributed by atoms with Gasteiger partial charge in [-0.25, -0.2) is 9.78 Å². The molecule has 0 spiro atoms. The summed E-state index contributed by atoms with van der Waals surface area (Å²) in [5.41, 5.74) is 0.888. The molecular formula is C11H12N4O3. The predicted octanol–water partition coefficient (Wildman–Crippen LogP) is 1.46. The first-order valence-corrected chi connectivity index (χ1v) is 5.88. The van der Waals surface area contributed by atoms with Gasteiger partial charge in [0.05, 0.1) is 10.4 Å². The lowest BCUT2D eigenvalue weighted by Crippen LogP contribution is -2.23. The molecule has 1 saturated carbocycles. The van der Waals surface area contributed by atoms with Gasteiger partial charge in [-0.15, -0.1) is 0 Å². The molecule has 7 heteroatoms. The monoisotopic (exact) mass is 248 g/mol. The molecule has 0 N–H and O–H groups in total. The lowest BCUT2D eigenvalue weighted by molar-refractivity contribution is -0.385. The van der Waals surface area contributed by atoms with Gasteiger partial charge >= 0.3 is 5.69 Å². The van der Waals surface area contributed by atoms with Crippen molar-refractivity contribution in [3.8, 4) is 0 Å². The quantitative estimate of drug-likeness (QED) is 0.608. The number of aromatic nitrogens is 3. The van der Waals surface area contributed by atoms with Crippen LogP contribution in [0.15, 0.2) is 17.1 Å². The summed E-state index contributed by atoms with van der Waals surface area (Å²) in [4.78, 5) is 26.6. The van der Waals surface area contributed by atoms with Crippen LogP contribution in [0, 0.1) is 10.1 Å². The molecule has 1 aliphatic rings. The fourth-order valence-electron chi connectivity index (χ4n) is 2.21. The van der Waals surface area contributed by atoms with Crippen molar-refractivity contribution in [2.24, 2.45) is 0 Å². The normalized spacial score (nSPS) is 15.2. The Morgan fingerprint density at radius 2 is 2.28 bits per heavy atom. The highest BCUT2D eigenvalue weighted by molar-refractivity contribution is 5.74. The number of hydrogen-bond acceptors (Lipinski definition) is 4. The van der Waals surface area contributed by atoms with Crippen LogP contribution in [0.3, 0.4) is 0 Å². The molecule has 2 heterocycles. The smallest absolute Gasteiger partial charge is 0.290 e. The van der Waals surface area contributed by atoms with Gasteiger partial charge in [-0.05, 0) is 19.8 Å². The minimum atomic E-state index is -0.495. The molecule has 7 nitrogen and oxygen atoms in total. The number of nitrogens with zero attached hydrogens (tertiary/aromatic N) is 4. The van der Waals surface area contributed by atoms with E-state index in [-0.39, 0.29) is 17.4 Å². The highest BCUT2D eigenvalue weighted by Gasteiger charge is 2.29. The Labute approximate surface area is 102 Å². The van der Waals surface area contributed by atoms with E-state index >= 15 is 0 Å². The molecule has 0 atom stereocenters. The average Bonchev–Trinajstić information content (AvgIpc) is 3.12. The van der Waals surface area contributed by atoms with Crippen LogP contribution in [-0.4, -0.2) is 19.0 Å². The van der Waals surface area contributed by atoms with Crippen molar-refractivity contribution in [1.29, 1.82) is 0 Å². The van der Waals surface area contributed by atoms with E-state index in [0.717, 1.165) is 12.8 Å². The molecule has 2 aromatic heterocycles. The Morgan fingerprint density at radius 3 is 2.83 bits per heavy atom. The fourth-order valence-corrected chi connectivity index (χ4v) is 2.21. The molecule has 2 aromatic rings. The Hall–Kier alpha value is -2.18. The first kappa shape index (κ1) is 10.9. The van der Waals surface area contributed by atoms with Crippen LogP contribution in [0.4, 0.5) is 5.69 Å². The van der Waals surface area contributed by atoms with Gasteiger partial charge in [-0.2, -0.15) is 0 Å². The van der Waals surface area contributed by atoms with E-state index in [1.54, 1.807) is 4.57 Å². The molecule has 94 valence electrons. The van der Waals surface area contributed by atoms with Crippen LogP contribution in [-0.2, 0) is 6.54 Å². The van der Waals surface area contributed by atoms with E-state index in [1.165, 1.54) is 16.8 Å². The number of imidazole rings is 1. The molecule has 0 amide bonds. The fraction of sp³-hybridized carbons (Fsp3) is 0.455. The van der Waals surface area contributed by atoms with E-state index in [2.05, 4.69) is 4.98 Å². The molecule has 1 aliphatic carbocycles. The first-order valence-electron chi connectivity index (χ1n) is 5.88. The Kier molecular flexibility index (Phi) is 2.22. The zero-order chi connectivity index (χ0) is 12.9. The van der Waals surface area contributed by atoms with Crippen molar-refractivity contribution in [3.63, 3.8) is 0 Å². The summed E-state index contributed by atoms with van der Waals surface area (Å²) in [7, 11) is 0. The molecule has 0 aromatic carbocycles. The van der Waals surface area contributed by atoms with Crippen molar-refractivity contribution in [3.05, 3.63) is 32.9 Å². The highest BCUT2D eigenvalue weighted by Crippen LogP contribution is 2.36. The van der Waals surface area contributed by atoms with Gasteiger partial charge in [0.2, 0.25) is 0 Å². The lowest BCUT2D eigenvalue weighted by Gasteiger charge is -1.97. The third-order valence-corrected chi connectivity index (χ3v) is 3.23. The van der Waals surface area contributed by atoms with E-state index in [9.17, 15) is 14.9 Å². The van der Waals surface area contributed by atoms with E-state index in [0.29, 0.717) is 17.7 Å². The van der Waals surface area contributed by atoms with Crippen molar-refractivity contribution in [2.45, 2.75) is 32.4 Å². The molecule has 1 fully saturated rings. The average molecular weight is 248 g/mol. The minimum Gasteiger partial charge on any atom is -0.290 e. The second kappa shape index (κ2) is 3.66. The Morgan fingerprint density at radius 1 is 1.56 bits per heavy atom. The maximum atomic E-state index is 12.2. The third-order valence-electron chi connectivity index (χ3n) is 3.23. The van der Waals surface area contributed by atoms with Gasteiger partial charge in [0.1, 0.15) is 6.20 Å². The summed E-state index contributed by atoms with van der Waals surface area (Å²) >= 11 is 0. The van der Waals surface area contributed by atoms with Crippen LogP contribution in [0.2, 0.25) is 0 Å². The maximum absolute atomic E-state index is 12.2. The molecular weight excluding hydrogens is 236 g/mol. The van der Waals surface area contributed by atoms with Gasteiger partial charge < -0.3 is 0 Å². The van der Waals surface area contributed by atoms with Crippen molar-refractivity contribution in [2.75, 3.05) is 0 Å². The van der Waals surface area contributed by atoms with Crippen molar-refractivity contribution in [1.82, 2.24) is 14.1 Å². The Balaban J connectivity index is 2.34. The van der Waals surface area contributed by atoms with Gasteiger partial charge in [-0.3, -0.25) is 19.2 Å². The molecule has 0 unspecified atom stereocenters. The van der Waals surface area contributed by atoms with E-state index in [4.69, 9.17) is 0 Å². The number of pyridine rings is 1. The van der Waals surface area contributed by atoms with Crippen molar-refractivity contribution >= 4 is 16.9 Å². The molecule has 3 rings (SSSR count). The topological polar surface area (TPSA) is 83.0 Å². The molecule has 18 heavy (non-hydrogen) atoms. The maximum Gasteiger partial charge on any atom is 0.330 e. The number of nitro groups is 1. The van der Waals surface area contributed by atoms with Gasteiger partial charge in [0.15, 0.2) is 5.65 Å². The zero-order valence-corrected chi connectivity index (χ0v) is 9.87. The standard InChI is InChI=1S/C11H12N4O3/c1-2-13-9-5-8(15(17)18)6-12-10(9)14(11(13)16)7-3-4-7/h5-7H,2-4H2,1H3. The van der Waals surface area contributed by atoms with E-state index in [1.807, 2.05) is 6.92 Å². The number of fused-ring (bicyclic) bond motifs is 1. The summed E-state index contributed by atoms with van der Waals surface area (Å²) in [6, 6.07) is 1.63. The lowest BCUT2D eigenvalue weighted by atomic mass is 10.4. The summed E-state index contributed by atoms with van der Waals surface area (Å²) < 4.78 is 3.19. The first-order chi connectivity index (χ1) is 8.63. The summed E-state index contributed by atoms with van der Waals surface area (Å²) in [5, 5.41) is 10.8. The Bertz CT molecular complexity index is 696. The van der Waals surface area contributed by atoms with Crippen LogP contribution >= 0.6 is 0 Å². The predicted molar refractivity (Wildman–Crippen MR) is 64.6 cm³/mol. The number of aryl methyl sites for hydroxylation is 1.